The Morgan fingerprint density at radius 1 is 1.40 bits per heavy atom. The summed E-state index contributed by atoms with van der Waals surface area (Å²) in [5.41, 5.74) is 1.05. The van der Waals surface area contributed by atoms with Crippen molar-refractivity contribution >= 4 is 5.91 Å². The van der Waals surface area contributed by atoms with Crippen molar-refractivity contribution in [2.75, 3.05) is 27.3 Å². The van der Waals surface area contributed by atoms with Gasteiger partial charge in [-0.15, -0.1) is 0 Å². The first-order valence-electron chi connectivity index (χ1n) is 7.27. The number of methoxy groups -OCH3 is 1. The van der Waals surface area contributed by atoms with Crippen molar-refractivity contribution in [1.82, 2.24) is 10.2 Å². The minimum absolute atomic E-state index is 0.110. The van der Waals surface area contributed by atoms with Gasteiger partial charge in [0.1, 0.15) is 6.04 Å². The van der Waals surface area contributed by atoms with E-state index in [1.165, 1.54) is 0 Å². The quantitative estimate of drug-likeness (QED) is 0.738. The van der Waals surface area contributed by atoms with Crippen molar-refractivity contribution in [2.45, 2.75) is 31.3 Å². The Bertz CT molecular complexity index is 418. The minimum atomic E-state index is -0.214. The molecule has 0 aliphatic heterocycles. The highest BCUT2D eigenvalue weighted by Gasteiger charge is 2.30. The van der Waals surface area contributed by atoms with Crippen molar-refractivity contribution in [2.24, 2.45) is 0 Å². The lowest BCUT2D eigenvalue weighted by Gasteiger charge is -2.27. The number of ether oxygens (including phenoxy) is 1. The summed E-state index contributed by atoms with van der Waals surface area (Å²) in [6.45, 7) is 1.56. The Kier molecular flexibility index (Phi) is 5.56. The molecule has 0 aromatic heterocycles. The van der Waals surface area contributed by atoms with Gasteiger partial charge in [-0.2, -0.15) is 0 Å². The zero-order valence-corrected chi connectivity index (χ0v) is 12.3. The molecular weight excluding hydrogens is 252 g/mol. The zero-order chi connectivity index (χ0) is 14.4. The summed E-state index contributed by atoms with van der Waals surface area (Å²) in [6, 6.07) is 10.2. The molecule has 1 aromatic carbocycles. The van der Waals surface area contributed by atoms with Gasteiger partial charge in [0, 0.05) is 26.3 Å². The van der Waals surface area contributed by atoms with Crippen molar-refractivity contribution in [3.63, 3.8) is 0 Å². The number of benzene rings is 1. The van der Waals surface area contributed by atoms with Crippen LogP contribution in [-0.2, 0) is 9.53 Å². The molecule has 1 aliphatic rings. The van der Waals surface area contributed by atoms with Gasteiger partial charge in [-0.3, -0.25) is 9.69 Å². The van der Waals surface area contributed by atoms with E-state index in [0.29, 0.717) is 6.04 Å². The largest absolute Gasteiger partial charge is 0.385 e. The van der Waals surface area contributed by atoms with Crippen LogP contribution >= 0.6 is 0 Å². The molecule has 0 radical (unpaired) electrons. The molecule has 1 atom stereocenters. The fourth-order valence-electron chi connectivity index (χ4n) is 2.34. The number of carbonyl (C=O) groups is 1. The van der Waals surface area contributed by atoms with E-state index in [-0.39, 0.29) is 11.9 Å². The van der Waals surface area contributed by atoms with Crippen LogP contribution in [0.5, 0.6) is 0 Å². The molecule has 0 saturated heterocycles. The maximum atomic E-state index is 12.5. The Hall–Kier alpha value is -1.39. The Morgan fingerprint density at radius 3 is 2.70 bits per heavy atom. The van der Waals surface area contributed by atoms with E-state index in [1.807, 2.05) is 37.4 Å². The lowest BCUT2D eigenvalue weighted by Crippen LogP contribution is -2.40. The predicted molar refractivity (Wildman–Crippen MR) is 79.5 cm³/mol. The fraction of sp³-hybridized carbons (Fsp3) is 0.562. The first-order valence-corrected chi connectivity index (χ1v) is 7.27. The van der Waals surface area contributed by atoms with Crippen LogP contribution in [0.2, 0.25) is 0 Å². The van der Waals surface area contributed by atoms with E-state index >= 15 is 0 Å². The number of nitrogens with one attached hydrogen (secondary N) is 1. The summed E-state index contributed by atoms with van der Waals surface area (Å²) in [5, 5.41) is 3.11. The van der Waals surface area contributed by atoms with Gasteiger partial charge in [0.05, 0.1) is 0 Å². The van der Waals surface area contributed by atoms with Crippen LogP contribution in [0.4, 0.5) is 0 Å². The predicted octanol–water partition coefficient (Wildman–Crippen LogP) is 1.97. The highest BCUT2D eigenvalue weighted by molar-refractivity contribution is 5.83. The van der Waals surface area contributed by atoms with Crippen LogP contribution in [0.3, 0.4) is 0 Å². The van der Waals surface area contributed by atoms with E-state index < -0.39 is 0 Å². The van der Waals surface area contributed by atoms with Gasteiger partial charge in [0.15, 0.2) is 0 Å². The lowest BCUT2D eigenvalue weighted by molar-refractivity contribution is -0.126. The first-order chi connectivity index (χ1) is 9.72. The standard InChI is InChI=1S/C16H24N2O2/c1-18(11-6-12-20-2)15(13-7-4-3-5-8-13)16(19)17-14-9-10-14/h3-5,7-8,14-15H,6,9-12H2,1-2H3,(H,17,19). The van der Waals surface area contributed by atoms with E-state index in [9.17, 15) is 4.79 Å². The molecule has 0 bridgehead atoms. The molecule has 1 fully saturated rings. The van der Waals surface area contributed by atoms with E-state index in [0.717, 1.165) is 38.0 Å². The molecule has 20 heavy (non-hydrogen) atoms. The average molecular weight is 276 g/mol. The van der Waals surface area contributed by atoms with Gasteiger partial charge in [-0.1, -0.05) is 30.3 Å². The Morgan fingerprint density at radius 2 is 2.10 bits per heavy atom. The molecule has 0 heterocycles. The molecule has 110 valence electrons. The van der Waals surface area contributed by atoms with Gasteiger partial charge >= 0.3 is 0 Å². The summed E-state index contributed by atoms with van der Waals surface area (Å²) < 4.78 is 5.09. The van der Waals surface area contributed by atoms with Crippen molar-refractivity contribution in [1.29, 1.82) is 0 Å². The number of carbonyl (C=O) groups excluding carboxylic acids is 1. The summed E-state index contributed by atoms with van der Waals surface area (Å²) in [5.74, 6) is 0.110. The number of hydrogen-bond acceptors (Lipinski definition) is 3. The lowest BCUT2D eigenvalue weighted by atomic mass is 10.0. The highest BCUT2D eigenvalue weighted by atomic mass is 16.5. The van der Waals surface area contributed by atoms with Crippen LogP contribution in [0.25, 0.3) is 0 Å². The van der Waals surface area contributed by atoms with E-state index in [4.69, 9.17) is 4.74 Å². The third kappa shape index (κ3) is 4.32. The molecule has 1 unspecified atom stereocenters. The van der Waals surface area contributed by atoms with E-state index in [1.54, 1.807) is 7.11 Å². The molecular formula is C16H24N2O2. The van der Waals surface area contributed by atoms with Crippen molar-refractivity contribution in [3.05, 3.63) is 35.9 Å². The monoisotopic (exact) mass is 276 g/mol. The summed E-state index contributed by atoms with van der Waals surface area (Å²) in [6.07, 6.45) is 3.15. The van der Waals surface area contributed by atoms with Crippen molar-refractivity contribution in [3.8, 4) is 0 Å². The number of likely N-dealkylation sites (N-methyl/N-ethyl adjacent to an activating group) is 1. The molecule has 0 spiro atoms. The van der Waals surface area contributed by atoms with E-state index in [2.05, 4.69) is 10.2 Å². The Balaban J connectivity index is 2.04. The Labute approximate surface area is 121 Å². The normalized spacial score (nSPS) is 16.1. The second kappa shape index (κ2) is 7.41. The molecule has 1 aliphatic carbocycles. The van der Waals surface area contributed by atoms with Gasteiger partial charge in [0.25, 0.3) is 0 Å². The summed E-state index contributed by atoms with van der Waals surface area (Å²) >= 11 is 0. The maximum absolute atomic E-state index is 12.5. The second-order valence-corrected chi connectivity index (χ2v) is 5.42. The highest BCUT2D eigenvalue weighted by Crippen LogP contribution is 2.24. The third-order valence-corrected chi connectivity index (χ3v) is 3.59. The molecule has 4 heteroatoms. The summed E-state index contributed by atoms with van der Waals surface area (Å²) in [4.78, 5) is 14.6. The van der Waals surface area contributed by atoms with Crippen molar-refractivity contribution < 1.29 is 9.53 Å². The minimum Gasteiger partial charge on any atom is -0.385 e. The molecule has 1 saturated carbocycles. The molecule has 4 nitrogen and oxygen atoms in total. The van der Waals surface area contributed by atoms with Crippen LogP contribution in [0, 0.1) is 0 Å². The van der Waals surface area contributed by atoms with Gasteiger partial charge in [-0.05, 0) is 31.9 Å². The van der Waals surface area contributed by atoms with Crippen LogP contribution in [-0.4, -0.2) is 44.2 Å². The van der Waals surface area contributed by atoms with Gasteiger partial charge in [0.2, 0.25) is 5.91 Å². The maximum Gasteiger partial charge on any atom is 0.242 e. The number of amides is 1. The molecule has 1 aromatic rings. The fourth-order valence-corrected chi connectivity index (χ4v) is 2.34. The van der Waals surface area contributed by atoms with Crippen LogP contribution < -0.4 is 5.32 Å². The third-order valence-electron chi connectivity index (χ3n) is 3.59. The SMILES string of the molecule is COCCCN(C)C(C(=O)NC1CC1)c1ccccc1. The second-order valence-electron chi connectivity index (χ2n) is 5.42. The van der Waals surface area contributed by atoms with Crippen LogP contribution in [0.15, 0.2) is 30.3 Å². The zero-order valence-electron chi connectivity index (χ0n) is 12.3. The summed E-state index contributed by atoms with van der Waals surface area (Å²) in [7, 11) is 3.70. The van der Waals surface area contributed by atoms with Crippen LogP contribution in [0.1, 0.15) is 30.9 Å². The van der Waals surface area contributed by atoms with Gasteiger partial charge in [-0.25, -0.2) is 0 Å². The molecule has 1 amide bonds. The average Bonchev–Trinajstić information content (AvgIpc) is 3.24. The smallest absolute Gasteiger partial charge is 0.242 e. The number of rotatable bonds is 8. The molecule has 1 N–H and O–H groups in total. The number of nitrogens with zero attached hydrogens (tertiary/aromatic N) is 1. The molecule has 2 rings (SSSR count). The topological polar surface area (TPSA) is 41.6 Å². The number of hydrogen-bond donors (Lipinski definition) is 1. The first kappa shape index (κ1) is 15.0. The van der Waals surface area contributed by atoms with Gasteiger partial charge < -0.3 is 10.1 Å².